The first kappa shape index (κ1) is 8.60. The van der Waals surface area contributed by atoms with Crippen LogP contribution in [0.4, 0.5) is 0 Å². The molecular formula is C8H12ClNO. The van der Waals surface area contributed by atoms with Crippen molar-refractivity contribution in [2.45, 2.75) is 32.6 Å². The summed E-state index contributed by atoms with van der Waals surface area (Å²) in [4.78, 5) is 4.18. The Balaban J connectivity index is 2.88. The van der Waals surface area contributed by atoms with Crippen LogP contribution >= 0.6 is 11.6 Å². The highest BCUT2D eigenvalue weighted by atomic mass is 35.5. The Kier molecular flexibility index (Phi) is 2.55. The molecule has 2 nitrogen and oxygen atoms in total. The van der Waals surface area contributed by atoms with Gasteiger partial charge in [-0.15, -0.1) is 11.6 Å². The van der Waals surface area contributed by atoms with Gasteiger partial charge in [0.25, 0.3) is 0 Å². The molecule has 0 bridgehead atoms. The fourth-order valence-electron chi connectivity index (χ4n) is 0.806. The summed E-state index contributed by atoms with van der Waals surface area (Å²) in [6.45, 7) is 5.82. The third-order valence-corrected chi connectivity index (χ3v) is 2.17. The fourth-order valence-corrected chi connectivity index (χ4v) is 0.899. The van der Waals surface area contributed by atoms with E-state index in [1.165, 1.54) is 0 Å². The van der Waals surface area contributed by atoms with Crippen LogP contribution in [0.5, 0.6) is 0 Å². The van der Waals surface area contributed by atoms with Gasteiger partial charge in [0.15, 0.2) is 0 Å². The summed E-state index contributed by atoms with van der Waals surface area (Å²) >= 11 is 5.92. The highest BCUT2D eigenvalue weighted by Crippen LogP contribution is 2.24. The minimum absolute atomic E-state index is 0.0811. The first-order valence-electron chi connectivity index (χ1n) is 3.73. The van der Waals surface area contributed by atoms with Crippen molar-refractivity contribution in [1.29, 1.82) is 0 Å². The average Bonchev–Trinajstić information content (AvgIpc) is 2.31. The Bertz CT molecular complexity index is 225. The van der Waals surface area contributed by atoms with Crippen LogP contribution in [0.25, 0.3) is 0 Å². The van der Waals surface area contributed by atoms with E-state index in [-0.39, 0.29) is 5.38 Å². The van der Waals surface area contributed by atoms with Crippen LogP contribution in [0.2, 0.25) is 0 Å². The molecule has 0 fully saturated rings. The van der Waals surface area contributed by atoms with Gasteiger partial charge in [0.05, 0.1) is 5.69 Å². The molecule has 1 atom stereocenters. The second-order valence-corrected chi connectivity index (χ2v) is 3.10. The van der Waals surface area contributed by atoms with E-state index >= 15 is 0 Å². The van der Waals surface area contributed by atoms with Crippen LogP contribution in [0.15, 0.2) is 4.42 Å². The van der Waals surface area contributed by atoms with Crippen LogP contribution in [0.3, 0.4) is 0 Å². The predicted molar refractivity (Wildman–Crippen MR) is 44.9 cm³/mol. The van der Waals surface area contributed by atoms with Crippen molar-refractivity contribution in [2.75, 3.05) is 0 Å². The zero-order valence-electron chi connectivity index (χ0n) is 7.02. The van der Waals surface area contributed by atoms with Crippen molar-refractivity contribution < 1.29 is 4.42 Å². The van der Waals surface area contributed by atoms with Gasteiger partial charge in [-0.25, -0.2) is 4.98 Å². The minimum Gasteiger partial charge on any atom is -0.444 e. The molecular weight excluding hydrogens is 162 g/mol. The molecule has 1 aromatic heterocycles. The van der Waals surface area contributed by atoms with E-state index in [9.17, 15) is 0 Å². The van der Waals surface area contributed by atoms with Gasteiger partial charge in [0.1, 0.15) is 11.1 Å². The lowest BCUT2D eigenvalue weighted by atomic mass is 10.3. The molecule has 1 heterocycles. The normalized spacial score (nSPS) is 13.5. The minimum atomic E-state index is -0.0811. The molecule has 1 rings (SSSR count). The lowest BCUT2D eigenvalue weighted by Gasteiger charge is -1.97. The number of rotatable bonds is 2. The van der Waals surface area contributed by atoms with Gasteiger partial charge >= 0.3 is 0 Å². The van der Waals surface area contributed by atoms with Crippen molar-refractivity contribution in [1.82, 2.24) is 4.98 Å². The summed E-state index contributed by atoms with van der Waals surface area (Å²) in [7, 11) is 0. The quantitative estimate of drug-likeness (QED) is 0.643. The number of oxazole rings is 1. The number of nitrogens with zero attached hydrogens (tertiary/aromatic N) is 1. The first-order valence-corrected chi connectivity index (χ1v) is 4.16. The van der Waals surface area contributed by atoms with E-state index in [2.05, 4.69) is 4.98 Å². The molecule has 62 valence electrons. The Morgan fingerprint density at radius 1 is 1.55 bits per heavy atom. The molecule has 11 heavy (non-hydrogen) atoms. The lowest BCUT2D eigenvalue weighted by molar-refractivity contribution is 0.462. The van der Waals surface area contributed by atoms with Crippen LogP contribution in [0.1, 0.15) is 36.1 Å². The molecule has 0 saturated carbocycles. The van der Waals surface area contributed by atoms with Crippen LogP contribution in [0, 0.1) is 13.8 Å². The molecule has 0 aliphatic carbocycles. The SMILES string of the molecule is CC[C@@H](Cl)c1nc(C)c(C)o1. The molecule has 0 aliphatic heterocycles. The standard InChI is InChI=1S/C8H12ClNO/c1-4-7(9)8-10-5(2)6(3)11-8/h7H,4H2,1-3H3/t7-/m1/s1. The summed E-state index contributed by atoms with van der Waals surface area (Å²) in [5, 5.41) is -0.0811. The molecule has 0 unspecified atom stereocenters. The van der Waals surface area contributed by atoms with E-state index < -0.39 is 0 Å². The molecule has 0 spiro atoms. The third-order valence-electron chi connectivity index (χ3n) is 1.67. The number of aromatic nitrogens is 1. The maximum Gasteiger partial charge on any atom is 0.212 e. The number of halogens is 1. The second-order valence-electron chi connectivity index (χ2n) is 2.57. The monoisotopic (exact) mass is 173 g/mol. The van der Waals surface area contributed by atoms with E-state index in [0.29, 0.717) is 5.89 Å². The Hall–Kier alpha value is -0.500. The zero-order valence-corrected chi connectivity index (χ0v) is 7.77. The Morgan fingerprint density at radius 3 is 2.55 bits per heavy atom. The van der Waals surface area contributed by atoms with Gasteiger partial charge in [-0.1, -0.05) is 6.92 Å². The summed E-state index contributed by atoms with van der Waals surface area (Å²) in [5.41, 5.74) is 0.930. The van der Waals surface area contributed by atoms with Crippen molar-refractivity contribution >= 4 is 11.6 Å². The number of aryl methyl sites for hydroxylation is 2. The highest BCUT2D eigenvalue weighted by molar-refractivity contribution is 6.20. The number of alkyl halides is 1. The van der Waals surface area contributed by atoms with E-state index in [1.54, 1.807) is 0 Å². The summed E-state index contributed by atoms with van der Waals surface area (Å²) < 4.78 is 5.32. The van der Waals surface area contributed by atoms with E-state index in [4.69, 9.17) is 16.0 Å². The average molecular weight is 174 g/mol. The summed E-state index contributed by atoms with van der Waals surface area (Å²) in [6.07, 6.45) is 0.848. The van der Waals surface area contributed by atoms with Crippen LogP contribution in [-0.2, 0) is 0 Å². The molecule has 1 aromatic rings. The zero-order chi connectivity index (χ0) is 8.43. The van der Waals surface area contributed by atoms with Gasteiger partial charge < -0.3 is 4.42 Å². The topological polar surface area (TPSA) is 26.0 Å². The molecule has 0 saturated heterocycles. The van der Waals surface area contributed by atoms with E-state index in [1.807, 2.05) is 20.8 Å². The largest absolute Gasteiger partial charge is 0.444 e. The summed E-state index contributed by atoms with van der Waals surface area (Å²) in [5.74, 6) is 1.50. The van der Waals surface area contributed by atoms with Crippen LogP contribution < -0.4 is 0 Å². The molecule has 0 N–H and O–H groups in total. The molecule has 0 radical (unpaired) electrons. The van der Waals surface area contributed by atoms with Crippen molar-refractivity contribution in [3.05, 3.63) is 17.3 Å². The lowest BCUT2D eigenvalue weighted by Crippen LogP contribution is -1.87. The summed E-state index contributed by atoms with van der Waals surface area (Å²) in [6, 6.07) is 0. The Labute approximate surface area is 71.6 Å². The maximum atomic E-state index is 5.92. The predicted octanol–water partition coefficient (Wildman–Crippen LogP) is 2.98. The van der Waals surface area contributed by atoms with Gasteiger partial charge in [-0.05, 0) is 20.3 Å². The second kappa shape index (κ2) is 3.26. The molecule has 0 aromatic carbocycles. The third kappa shape index (κ3) is 1.74. The number of hydrogen-bond acceptors (Lipinski definition) is 2. The molecule has 0 amide bonds. The van der Waals surface area contributed by atoms with Gasteiger partial charge in [0.2, 0.25) is 5.89 Å². The van der Waals surface area contributed by atoms with Crippen molar-refractivity contribution in [2.24, 2.45) is 0 Å². The fraction of sp³-hybridized carbons (Fsp3) is 0.625. The van der Waals surface area contributed by atoms with Crippen LogP contribution in [-0.4, -0.2) is 4.98 Å². The highest BCUT2D eigenvalue weighted by Gasteiger charge is 2.12. The van der Waals surface area contributed by atoms with Crippen molar-refractivity contribution in [3.8, 4) is 0 Å². The van der Waals surface area contributed by atoms with Gasteiger partial charge in [-0.3, -0.25) is 0 Å². The van der Waals surface area contributed by atoms with E-state index in [0.717, 1.165) is 17.9 Å². The molecule has 3 heteroatoms. The molecule has 0 aliphatic rings. The Morgan fingerprint density at radius 2 is 2.18 bits per heavy atom. The maximum absolute atomic E-state index is 5.92. The number of hydrogen-bond donors (Lipinski definition) is 0. The van der Waals surface area contributed by atoms with Crippen molar-refractivity contribution in [3.63, 3.8) is 0 Å². The first-order chi connectivity index (χ1) is 5.15. The van der Waals surface area contributed by atoms with Gasteiger partial charge in [0, 0.05) is 0 Å². The van der Waals surface area contributed by atoms with Gasteiger partial charge in [-0.2, -0.15) is 0 Å². The smallest absolute Gasteiger partial charge is 0.212 e.